The van der Waals surface area contributed by atoms with Gasteiger partial charge in [0.15, 0.2) is 0 Å². The second-order valence-corrected chi connectivity index (χ2v) is 6.00. The lowest BCUT2D eigenvalue weighted by molar-refractivity contribution is -0.115. The fraction of sp³-hybridized carbons (Fsp3) is 0.529. The summed E-state index contributed by atoms with van der Waals surface area (Å²) < 4.78 is 2.16. The molecule has 1 N–H and O–H groups in total. The number of imidazole rings is 1. The van der Waals surface area contributed by atoms with Gasteiger partial charge in [-0.2, -0.15) is 0 Å². The zero-order valence-corrected chi connectivity index (χ0v) is 13.6. The average Bonchev–Trinajstić information content (AvgIpc) is 2.95. The molecule has 0 spiro atoms. The van der Waals surface area contributed by atoms with Crippen molar-refractivity contribution in [3.05, 3.63) is 35.7 Å². The van der Waals surface area contributed by atoms with Crippen molar-refractivity contribution in [3.63, 3.8) is 0 Å². The zero-order chi connectivity index (χ0) is 16.1. The van der Waals surface area contributed by atoms with Gasteiger partial charge < -0.3 is 4.57 Å². The molecule has 2 aromatic heterocycles. The van der Waals surface area contributed by atoms with E-state index in [0.717, 1.165) is 49.4 Å². The van der Waals surface area contributed by atoms with Gasteiger partial charge in [0.1, 0.15) is 5.82 Å². The van der Waals surface area contributed by atoms with Crippen LogP contribution in [0.2, 0.25) is 0 Å². The molecule has 0 atom stereocenters. The highest BCUT2D eigenvalue weighted by molar-refractivity contribution is 5.90. The van der Waals surface area contributed by atoms with Crippen molar-refractivity contribution in [3.8, 4) is 0 Å². The molecule has 1 amide bonds. The number of nitrogens with one attached hydrogen (secondary N) is 1. The van der Waals surface area contributed by atoms with Gasteiger partial charge >= 0.3 is 0 Å². The molecule has 0 saturated carbocycles. The number of carbonyl (C=O) groups excluding carboxylic acids is 1. The van der Waals surface area contributed by atoms with Crippen LogP contribution in [0.25, 0.3) is 0 Å². The van der Waals surface area contributed by atoms with Gasteiger partial charge in [-0.25, -0.2) is 15.0 Å². The Hall–Kier alpha value is -2.24. The lowest BCUT2D eigenvalue weighted by atomic mass is 10.2. The number of hydrogen-bond acceptors (Lipinski definition) is 4. The topological polar surface area (TPSA) is 72.7 Å². The maximum Gasteiger partial charge on any atom is 0.232 e. The quantitative estimate of drug-likeness (QED) is 0.889. The number of carbonyl (C=O) groups is 1. The van der Waals surface area contributed by atoms with E-state index in [1.54, 1.807) is 6.20 Å². The van der Waals surface area contributed by atoms with Crippen LogP contribution in [0.3, 0.4) is 0 Å². The maximum atomic E-state index is 12.2. The molecule has 0 saturated heterocycles. The summed E-state index contributed by atoms with van der Waals surface area (Å²) >= 11 is 0. The Morgan fingerprint density at radius 3 is 3.04 bits per heavy atom. The van der Waals surface area contributed by atoms with Crippen LogP contribution in [0.5, 0.6) is 0 Å². The van der Waals surface area contributed by atoms with Gasteiger partial charge in [-0.15, -0.1) is 0 Å². The molecule has 3 heterocycles. The van der Waals surface area contributed by atoms with Gasteiger partial charge in [0, 0.05) is 31.1 Å². The van der Waals surface area contributed by atoms with Crippen molar-refractivity contribution in [2.24, 2.45) is 0 Å². The van der Waals surface area contributed by atoms with Crippen LogP contribution in [0.4, 0.5) is 5.95 Å². The van der Waals surface area contributed by atoms with Crippen molar-refractivity contribution >= 4 is 11.9 Å². The van der Waals surface area contributed by atoms with Gasteiger partial charge in [0.2, 0.25) is 11.9 Å². The molecule has 2 aromatic rings. The van der Waals surface area contributed by atoms with Crippen LogP contribution in [-0.4, -0.2) is 25.4 Å². The Kier molecular flexibility index (Phi) is 5.00. The lowest BCUT2D eigenvalue weighted by Gasteiger charge is -2.11. The Morgan fingerprint density at radius 1 is 1.30 bits per heavy atom. The van der Waals surface area contributed by atoms with Crippen LogP contribution in [0.1, 0.15) is 49.8 Å². The summed E-state index contributed by atoms with van der Waals surface area (Å²) in [6, 6.07) is 1.90. The third kappa shape index (κ3) is 4.15. The monoisotopic (exact) mass is 313 g/mol. The van der Waals surface area contributed by atoms with Crippen molar-refractivity contribution < 1.29 is 4.79 Å². The van der Waals surface area contributed by atoms with E-state index in [0.29, 0.717) is 5.95 Å². The number of aryl methyl sites for hydroxylation is 3. The van der Waals surface area contributed by atoms with Crippen molar-refractivity contribution in [2.75, 3.05) is 5.32 Å². The molecule has 1 aliphatic heterocycles. The van der Waals surface area contributed by atoms with Crippen LogP contribution in [0.15, 0.2) is 18.5 Å². The van der Waals surface area contributed by atoms with Crippen LogP contribution < -0.4 is 5.32 Å². The van der Waals surface area contributed by atoms with E-state index >= 15 is 0 Å². The first-order valence-corrected chi connectivity index (χ1v) is 8.41. The van der Waals surface area contributed by atoms with Crippen molar-refractivity contribution in [1.82, 2.24) is 19.5 Å². The van der Waals surface area contributed by atoms with Gasteiger partial charge in [0.05, 0.1) is 12.1 Å². The second-order valence-electron chi connectivity index (χ2n) is 6.00. The van der Waals surface area contributed by atoms with E-state index in [1.807, 2.05) is 12.3 Å². The minimum Gasteiger partial charge on any atom is -0.335 e. The lowest BCUT2D eigenvalue weighted by Crippen LogP contribution is -2.17. The molecule has 0 aliphatic carbocycles. The highest BCUT2D eigenvalue weighted by Gasteiger charge is 2.14. The Morgan fingerprint density at radius 2 is 2.22 bits per heavy atom. The van der Waals surface area contributed by atoms with Crippen molar-refractivity contribution in [2.45, 2.75) is 58.4 Å². The van der Waals surface area contributed by atoms with Crippen molar-refractivity contribution in [1.29, 1.82) is 0 Å². The Labute approximate surface area is 136 Å². The average molecular weight is 313 g/mol. The molecule has 0 radical (unpaired) electrons. The minimum atomic E-state index is -0.118. The minimum absolute atomic E-state index is 0.118. The maximum absolute atomic E-state index is 12.2. The number of hydrogen-bond donors (Lipinski definition) is 1. The number of fused-ring (bicyclic) bond motifs is 1. The molecule has 3 rings (SSSR count). The fourth-order valence-electron chi connectivity index (χ4n) is 2.84. The van der Waals surface area contributed by atoms with Gasteiger partial charge in [0.25, 0.3) is 0 Å². The molecule has 0 fully saturated rings. The predicted octanol–water partition coefficient (Wildman–Crippen LogP) is 2.53. The molecule has 6 heteroatoms. The number of unbranched alkanes of at least 4 members (excludes halogenated alkanes) is 1. The summed E-state index contributed by atoms with van der Waals surface area (Å²) in [5, 5.41) is 2.78. The van der Waals surface area contributed by atoms with Gasteiger partial charge in [-0.1, -0.05) is 13.3 Å². The van der Waals surface area contributed by atoms with Gasteiger partial charge in [-0.05, 0) is 31.7 Å². The number of anilines is 1. The zero-order valence-electron chi connectivity index (χ0n) is 13.6. The number of amides is 1. The number of aromatic nitrogens is 4. The van der Waals surface area contributed by atoms with E-state index in [9.17, 15) is 4.79 Å². The first-order valence-electron chi connectivity index (χ1n) is 8.41. The Bertz CT molecular complexity index is 656. The predicted molar refractivity (Wildman–Crippen MR) is 88.1 cm³/mol. The van der Waals surface area contributed by atoms with Crippen LogP contribution >= 0.6 is 0 Å². The van der Waals surface area contributed by atoms with E-state index in [4.69, 9.17) is 0 Å². The first-order chi connectivity index (χ1) is 11.2. The number of rotatable bonds is 6. The molecule has 0 unspecified atom stereocenters. The fourth-order valence-corrected chi connectivity index (χ4v) is 2.84. The van der Waals surface area contributed by atoms with E-state index in [2.05, 4.69) is 31.8 Å². The van der Waals surface area contributed by atoms with Gasteiger partial charge in [-0.3, -0.25) is 10.1 Å². The third-order valence-electron chi connectivity index (χ3n) is 4.05. The summed E-state index contributed by atoms with van der Waals surface area (Å²) in [6.07, 6.45) is 10.5. The normalized spacial score (nSPS) is 13.6. The third-order valence-corrected chi connectivity index (χ3v) is 4.05. The summed E-state index contributed by atoms with van der Waals surface area (Å²) in [5.74, 6) is 1.36. The standard InChI is InChI=1S/C17H23N5O/c1-2-3-6-13-8-9-18-17(20-13)21-16(23)11-14-12-22-10-5-4-7-15(22)19-14/h8-9,12H,2-7,10-11H2,1H3,(H,18,20,21,23). The highest BCUT2D eigenvalue weighted by Crippen LogP contribution is 2.15. The van der Waals surface area contributed by atoms with E-state index in [-0.39, 0.29) is 12.3 Å². The number of nitrogens with zero attached hydrogens (tertiary/aromatic N) is 4. The molecule has 6 nitrogen and oxygen atoms in total. The molecule has 0 aromatic carbocycles. The van der Waals surface area contributed by atoms with E-state index in [1.165, 1.54) is 12.8 Å². The molecule has 1 aliphatic rings. The van der Waals surface area contributed by atoms with E-state index < -0.39 is 0 Å². The summed E-state index contributed by atoms with van der Waals surface area (Å²) in [5.41, 5.74) is 1.79. The molecular weight excluding hydrogens is 290 g/mol. The highest BCUT2D eigenvalue weighted by atomic mass is 16.1. The first kappa shape index (κ1) is 15.6. The molecule has 0 bridgehead atoms. The summed E-state index contributed by atoms with van der Waals surface area (Å²) in [7, 11) is 0. The molecule has 122 valence electrons. The largest absolute Gasteiger partial charge is 0.335 e. The van der Waals surface area contributed by atoms with Crippen LogP contribution in [0, 0.1) is 0 Å². The SMILES string of the molecule is CCCCc1ccnc(NC(=O)Cc2cn3c(n2)CCCC3)n1. The smallest absolute Gasteiger partial charge is 0.232 e. The molecular formula is C17H23N5O. The Balaban J connectivity index is 1.59. The summed E-state index contributed by atoms with van der Waals surface area (Å²) in [4.78, 5) is 25.2. The summed E-state index contributed by atoms with van der Waals surface area (Å²) in [6.45, 7) is 3.15. The van der Waals surface area contributed by atoms with Crippen LogP contribution in [-0.2, 0) is 30.6 Å². The molecule has 23 heavy (non-hydrogen) atoms. The second kappa shape index (κ2) is 7.35.